The molecular formula is C40H32N2. The second-order valence-electron chi connectivity index (χ2n) is 11.3. The summed E-state index contributed by atoms with van der Waals surface area (Å²) >= 11 is 0. The molecule has 2 aliphatic heterocycles. The van der Waals surface area contributed by atoms with Crippen molar-refractivity contribution >= 4 is 34.5 Å². The number of rotatable bonds is 3. The predicted octanol–water partition coefficient (Wildman–Crippen LogP) is 10.2. The van der Waals surface area contributed by atoms with Gasteiger partial charge in [-0.05, 0) is 83.1 Å². The van der Waals surface area contributed by atoms with Crippen LogP contribution in [0.1, 0.15) is 16.7 Å². The van der Waals surface area contributed by atoms with Gasteiger partial charge in [0.15, 0.2) is 0 Å². The Hall–Kier alpha value is -5.08. The van der Waals surface area contributed by atoms with Crippen molar-refractivity contribution in [2.24, 2.45) is 5.92 Å². The number of fused-ring (bicyclic) bond motifs is 4. The van der Waals surface area contributed by atoms with Crippen molar-refractivity contribution in [3.05, 3.63) is 168 Å². The molecule has 2 heterocycles. The van der Waals surface area contributed by atoms with Gasteiger partial charge >= 0.3 is 0 Å². The fraction of sp³-hybridized carbons (Fsp3) is 0.100. The molecule has 42 heavy (non-hydrogen) atoms. The van der Waals surface area contributed by atoms with Crippen LogP contribution in [0.15, 0.2) is 152 Å². The molecule has 0 fully saturated rings. The van der Waals surface area contributed by atoms with E-state index in [0.29, 0.717) is 5.92 Å². The van der Waals surface area contributed by atoms with E-state index in [1.807, 2.05) is 0 Å². The molecule has 8 rings (SSSR count). The number of hydrogen-bond acceptors (Lipinski definition) is 2. The number of para-hydroxylation sites is 3. The Morgan fingerprint density at radius 3 is 1.69 bits per heavy atom. The van der Waals surface area contributed by atoms with Gasteiger partial charge in [0.1, 0.15) is 0 Å². The molecule has 0 aromatic heterocycles. The molecule has 2 atom stereocenters. The lowest BCUT2D eigenvalue weighted by Crippen LogP contribution is -2.35. The first-order valence-electron chi connectivity index (χ1n) is 14.9. The number of hydrogen-bond donors (Lipinski definition) is 0. The number of benzene rings is 5. The molecule has 0 bridgehead atoms. The maximum Gasteiger partial charge on any atom is 0.0623 e. The molecule has 2 nitrogen and oxygen atoms in total. The highest BCUT2D eigenvalue weighted by atomic mass is 15.2. The van der Waals surface area contributed by atoms with Gasteiger partial charge in [-0.15, -0.1) is 0 Å². The van der Waals surface area contributed by atoms with Gasteiger partial charge in [-0.1, -0.05) is 115 Å². The zero-order valence-corrected chi connectivity index (χ0v) is 23.5. The fourth-order valence-electron chi connectivity index (χ4n) is 6.76. The van der Waals surface area contributed by atoms with Crippen LogP contribution in [0.25, 0.3) is 17.2 Å². The molecule has 0 radical (unpaired) electrons. The minimum atomic E-state index is 0.249. The van der Waals surface area contributed by atoms with Gasteiger partial charge < -0.3 is 9.80 Å². The van der Waals surface area contributed by atoms with Gasteiger partial charge in [0, 0.05) is 34.4 Å². The fourth-order valence-corrected chi connectivity index (χ4v) is 6.76. The Balaban J connectivity index is 1.13. The average molecular weight is 541 g/mol. The quantitative estimate of drug-likeness (QED) is 0.225. The van der Waals surface area contributed by atoms with E-state index in [1.165, 1.54) is 56.3 Å². The Kier molecular flexibility index (Phi) is 6.11. The molecule has 0 N–H and O–H groups in total. The molecule has 1 aliphatic carbocycles. The summed E-state index contributed by atoms with van der Waals surface area (Å²) in [6.07, 6.45) is 15.7. The van der Waals surface area contributed by atoms with Crippen molar-refractivity contribution in [1.29, 1.82) is 0 Å². The van der Waals surface area contributed by atoms with Crippen LogP contribution in [0.5, 0.6) is 0 Å². The summed E-state index contributed by atoms with van der Waals surface area (Å²) in [6, 6.07) is 44.7. The Bertz CT molecular complexity index is 1790. The molecule has 2 heteroatoms. The molecule has 3 aliphatic rings. The smallest absolute Gasteiger partial charge is 0.0623 e. The topological polar surface area (TPSA) is 6.48 Å². The molecule has 0 saturated heterocycles. The zero-order valence-electron chi connectivity index (χ0n) is 23.5. The van der Waals surface area contributed by atoms with Crippen molar-refractivity contribution < 1.29 is 0 Å². The van der Waals surface area contributed by atoms with Gasteiger partial charge in [-0.2, -0.15) is 0 Å². The summed E-state index contributed by atoms with van der Waals surface area (Å²) in [7, 11) is 0. The molecule has 0 saturated carbocycles. The standard InChI is InChI=1S/C40H32N2/c1-5-13-37-31(9-1)17-18-32-10-2-6-14-38(32)41(37)35-25-21-29(22-26-35)30-23-27-36(28-24-30)42-39-15-7-3-11-33(39)19-20-34-12-4-8-16-40(34)42/h1-18,21-28,31,37H,19-20H2. The predicted molar refractivity (Wildman–Crippen MR) is 177 cm³/mol. The van der Waals surface area contributed by atoms with Crippen molar-refractivity contribution in [2.45, 2.75) is 18.9 Å². The van der Waals surface area contributed by atoms with Crippen LogP contribution < -0.4 is 9.80 Å². The van der Waals surface area contributed by atoms with Crippen LogP contribution >= 0.6 is 0 Å². The van der Waals surface area contributed by atoms with E-state index in [1.54, 1.807) is 0 Å². The van der Waals surface area contributed by atoms with E-state index in [-0.39, 0.29) is 6.04 Å². The van der Waals surface area contributed by atoms with Gasteiger partial charge in [-0.25, -0.2) is 0 Å². The monoisotopic (exact) mass is 540 g/mol. The summed E-state index contributed by atoms with van der Waals surface area (Å²) in [5.74, 6) is 0.337. The maximum atomic E-state index is 2.49. The largest absolute Gasteiger partial charge is 0.333 e. The van der Waals surface area contributed by atoms with Crippen LogP contribution in [-0.4, -0.2) is 6.04 Å². The van der Waals surface area contributed by atoms with E-state index < -0.39 is 0 Å². The molecule has 0 spiro atoms. The summed E-state index contributed by atoms with van der Waals surface area (Å²) in [5.41, 5.74) is 12.7. The minimum Gasteiger partial charge on any atom is -0.333 e. The average Bonchev–Trinajstić information content (AvgIpc) is 3.33. The number of nitrogens with zero attached hydrogens (tertiary/aromatic N) is 2. The summed E-state index contributed by atoms with van der Waals surface area (Å²) < 4.78 is 0. The maximum absolute atomic E-state index is 2.49. The van der Waals surface area contributed by atoms with E-state index in [2.05, 4.69) is 168 Å². The van der Waals surface area contributed by atoms with Gasteiger partial charge in [0.25, 0.3) is 0 Å². The third-order valence-corrected chi connectivity index (χ3v) is 8.87. The summed E-state index contributed by atoms with van der Waals surface area (Å²) in [5, 5.41) is 0. The van der Waals surface area contributed by atoms with E-state index in [9.17, 15) is 0 Å². The summed E-state index contributed by atoms with van der Waals surface area (Å²) in [6.45, 7) is 0. The third-order valence-electron chi connectivity index (χ3n) is 8.87. The second-order valence-corrected chi connectivity index (χ2v) is 11.3. The van der Waals surface area contributed by atoms with Crippen molar-refractivity contribution in [3.8, 4) is 11.1 Å². The lowest BCUT2D eigenvalue weighted by Gasteiger charge is -2.35. The van der Waals surface area contributed by atoms with Crippen LogP contribution in [0.2, 0.25) is 0 Å². The highest BCUT2D eigenvalue weighted by Gasteiger charge is 2.28. The van der Waals surface area contributed by atoms with Gasteiger partial charge in [-0.3, -0.25) is 0 Å². The number of aryl methyl sites for hydroxylation is 2. The van der Waals surface area contributed by atoms with Crippen LogP contribution in [-0.2, 0) is 12.8 Å². The summed E-state index contributed by atoms with van der Waals surface area (Å²) in [4.78, 5) is 4.92. The van der Waals surface area contributed by atoms with Gasteiger partial charge in [0.2, 0.25) is 0 Å². The first-order chi connectivity index (χ1) is 20.8. The van der Waals surface area contributed by atoms with Crippen LogP contribution in [0, 0.1) is 5.92 Å². The number of anilines is 5. The highest BCUT2D eigenvalue weighted by molar-refractivity contribution is 5.83. The normalized spacial score (nSPS) is 18.4. The molecule has 5 aromatic rings. The Morgan fingerprint density at radius 1 is 0.476 bits per heavy atom. The first kappa shape index (κ1) is 24.7. The molecule has 0 amide bonds. The van der Waals surface area contributed by atoms with Crippen LogP contribution in [0.4, 0.5) is 28.4 Å². The lowest BCUT2D eigenvalue weighted by molar-refractivity contribution is 0.669. The van der Waals surface area contributed by atoms with E-state index in [0.717, 1.165) is 12.8 Å². The highest BCUT2D eigenvalue weighted by Crippen LogP contribution is 2.43. The Morgan fingerprint density at radius 2 is 1.02 bits per heavy atom. The van der Waals surface area contributed by atoms with Crippen molar-refractivity contribution in [2.75, 3.05) is 9.80 Å². The molecule has 2 unspecified atom stereocenters. The minimum absolute atomic E-state index is 0.249. The third kappa shape index (κ3) is 4.28. The van der Waals surface area contributed by atoms with Crippen molar-refractivity contribution in [3.63, 3.8) is 0 Å². The zero-order chi connectivity index (χ0) is 27.9. The second kappa shape index (κ2) is 10.4. The van der Waals surface area contributed by atoms with Gasteiger partial charge in [0.05, 0.1) is 6.04 Å². The Labute approximate surface area is 248 Å². The van der Waals surface area contributed by atoms with Crippen molar-refractivity contribution in [1.82, 2.24) is 0 Å². The SMILES string of the molecule is C1=CC2C=Cc3ccccc3N(c3ccc(-c4ccc(N5c6ccccc6CCc6ccccc65)cc4)cc3)C2C=C1. The van der Waals surface area contributed by atoms with E-state index >= 15 is 0 Å². The van der Waals surface area contributed by atoms with E-state index in [4.69, 9.17) is 0 Å². The molecule has 202 valence electrons. The lowest BCUT2D eigenvalue weighted by atomic mass is 9.93. The molecular weight excluding hydrogens is 508 g/mol. The number of allylic oxidation sites excluding steroid dienone is 2. The molecule has 5 aromatic carbocycles. The van der Waals surface area contributed by atoms with Crippen LogP contribution in [0.3, 0.4) is 0 Å². The first-order valence-corrected chi connectivity index (χ1v) is 14.9.